The van der Waals surface area contributed by atoms with Crippen molar-refractivity contribution >= 4 is 5.97 Å². The van der Waals surface area contributed by atoms with E-state index in [1.54, 1.807) is 6.08 Å². The Kier molecular flexibility index (Phi) is 4.74. The Balaban J connectivity index is 4.91. The van der Waals surface area contributed by atoms with Gasteiger partial charge in [-0.15, -0.1) is 0 Å². The summed E-state index contributed by atoms with van der Waals surface area (Å²) in [7, 11) is 0. The van der Waals surface area contributed by atoms with Crippen LogP contribution in [0.3, 0.4) is 0 Å². The summed E-state index contributed by atoms with van der Waals surface area (Å²) < 4.78 is 0. The molecule has 0 heterocycles. The molecule has 1 unspecified atom stereocenters. The normalized spacial score (nSPS) is 15.8. The second kappa shape index (κ2) is 5.00. The predicted octanol–water partition coefficient (Wildman–Crippen LogP) is 2.66. The number of carboxylic acid groups (broad SMARTS) is 1. The lowest BCUT2D eigenvalue weighted by atomic mass is 9.66. The molecule has 94 valence electrons. The van der Waals surface area contributed by atoms with Gasteiger partial charge in [-0.1, -0.05) is 53.7 Å². The maximum absolute atomic E-state index is 10.6. The summed E-state index contributed by atoms with van der Waals surface area (Å²) in [5, 5.41) is 8.72. The van der Waals surface area contributed by atoms with Gasteiger partial charge in [-0.25, -0.2) is 0 Å². The summed E-state index contributed by atoms with van der Waals surface area (Å²) in [6, 6.07) is -0.910. The lowest BCUT2D eigenvalue weighted by Crippen LogP contribution is -2.33. The van der Waals surface area contributed by atoms with Crippen LogP contribution >= 0.6 is 0 Å². The molecule has 0 spiro atoms. The van der Waals surface area contributed by atoms with Gasteiger partial charge in [0.15, 0.2) is 0 Å². The first-order valence-electron chi connectivity index (χ1n) is 5.63. The van der Waals surface area contributed by atoms with E-state index in [9.17, 15) is 4.79 Å². The first-order valence-corrected chi connectivity index (χ1v) is 5.63. The molecular formula is C13H25NO2. The molecule has 1 atom stereocenters. The number of allylic oxidation sites excluding steroid dienone is 1. The van der Waals surface area contributed by atoms with Gasteiger partial charge >= 0.3 is 5.97 Å². The van der Waals surface area contributed by atoms with Crippen LogP contribution in [-0.2, 0) is 4.79 Å². The summed E-state index contributed by atoms with van der Waals surface area (Å²) in [6.45, 7) is 12.9. The van der Waals surface area contributed by atoms with Crippen LogP contribution in [0.5, 0.6) is 0 Å². The van der Waals surface area contributed by atoms with Crippen molar-refractivity contribution in [1.29, 1.82) is 0 Å². The molecule has 0 aromatic carbocycles. The maximum Gasteiger partial charge on any atom is 0.324 e. The van der Waals surface area contributed by atoms with Crippen molar-refractivity contribution in [3.8, 4) is 0 Å². The van der Waals surface area contributed by atoms with Gasteiger partial charge in [0, 0.05) is 0 Å². The van der Waals surface area contributed by atoms with Crippen LogP contribution in [0.25, 0.3) is 0 Å². The molecular weight excluding hydrogens is 202 g/mol. The van der Waals surface area contributed by atoms with Crippen LogP contribution in [0.4, 0.5) is 0 Å². The van der Waals surface area contributed by atoms with Crippen molar-refractivity contribution in [3.63, 3.8) is 0 Å². The fourth-order valence-corrected chi connectivity index (χ4v) is 2.19. The van der Waals surface area contributed by atoms with E-state index in [0.717, 1.165) is 0 Å². The van der Waals surface area contributed by atoms with Crippen molar-refractivity contribution in [2.24, 2.45) is 22.5 Å². The van der Waals surface area contributed by atoms with Gasteiger partial charge in [-0.2, -0.15) is 0 Å². The standard InChI is InChI=1S/C13H25NO2/c1-12(2,3)10(13(4,5)6)8-7-9(14)11(15)16/h7-10H,14H2,1-6H3,(H,15,16)/b8-7+. The molecule has 0 saturated heterocycles. The van der Waals surface area contributed by atoms with Crippen molar-refractivity contribution in [1.82, 2.24) is 0 Å². The molecule has 3 heteroatoms. The Bertz CT molecular complexity index is 255. The molecule has 0 aromatic heterocycles. The van der Waals surface area contributed by atoms with Crippen LogP contribution in [0.15, 0.2) is 12.2 Å². The van der Waals surface area contributed by atoms with Crippen LogP contribution < -0.4 is 5.73 Å². The number of aliphatic carboxylic acids is 1. The van der Waals surface area contributed by atoms with Crippen LogP contribution in [0.2, 0.25) is 0 Å². The van der Waals surface area contributed by atoms with Crippen LogP contribution in [-0.4, -0.2) is 17.1 Å². The molecule has 0 aliphatic carbocycles. The fourth-order valence-electron chi connectivity index (χ4n) is 2.19. The zero-order chi connectivity index (χ0) is 13.1. The number of carboxylic acids is 1. The maximum atomic E-state index is 10.6. The molecule has 0 saturated carbocycles. The highest BCUT2D eigenvalue weighted by Crippen LogP contribution is 2.40. The van der Waals surface area contributed by atoms with Crippen molar-refractivity contribution in [2.75, 3.05) is 0 Å². The Hall–Kier alpha value is -0.830. The van der Waals surface area contributed by atoms with E-state index in [-0.39, 0.29) is 16.7 Å². The number of nitrogens with two attached hydrogens (primary N) is 1. The lowest BCUT2D eigenvalue weighted by Gasteiger charge is -2.39. The Morgan fingerprint density at radius 1 is 1.06 bits per heavy atom. The Morgan fingerprint density at radius 3 is 1.69 bits per heavy atom. The average Bonchev–Trinajstić information content (AvgIpc) is 1.98. The van der Waals surface area contributed by atoms with Gasteiger partial charge in [-0.3, -0.25) is 4.79 Å². The van der Waals surface area contributed by atoms with Crippen molar-refractivity contribution < 1.29 is 9.90 Å². The van der Waals surface area contributed by atoms with E-state index in [1.165, 1.54) is 0 Å². The van der Waals surface area contributed by atoms with Gasteiger partial charge in [-0.05, 0) is 16.7 Å². The fraction of sp³-hybridized carbons (Fsp3) is 0.769. The van der Waals surface area contributed by atoms with Gasteiger partial charge in [0.2, 0.25) is 0 Å². The molecule has 0 bridgehead atoms. The number of rotatable bonds is 3. The summed E-state index contributed by atoms with van der Waals surface area (Å²) in [5.41, 5.74) is 5.65. The molecule has 16 heavy (non-hydrogen) atoms. The molecule has 0 amide bonds. The molecule has 0 radical (unpaired) electrons. The van der Waals surface area contributed by atoms with Crippen LogP contribution in [0, 0.1) is 16.7 Å². The number of carbonyl (C=O) groups is 1. The molecule has 0 rings (SSSR count). The first kappa shape index (κ1) is 15.2. The SMILES string of the molecule is CC(C)(C)C(/C=C/C(N)C(=O)O)C(C)(C)C. The quantitative estimate of drug-likeness (QED) is 0.729. The van der Waals surface area contributed by atoms with Gasteiger partial charge in [0.25, 0.3) is 0 Å². The summed E-state index contributed by atoms with van der Waals surface area (Å²) in [6.07, 6.45) is 3.53. The highest BCUT2D eigenvalue weighted by atomic mass is 16.4. The minimum Gasteiger partial charge on any atom is -0.480 e. The van der Waals surface area contributed by atoms with Gasteiger partial charge < -0.3 is 10.8 Å². The summed E-state index contributed by atoms with van der Waals surface area (Å²) >= 11 is 0. The third kappa shape index (κ3) is 4.79. The molecule has 0 aliphatic heterocycles. The molecule has 0 aromatic rings. The van der Waals surface area contributed by atoms with Crippen molar-refractivity contribution in [3.05, 3.63) is 12.2 Å². The average molecular weight is 227 g/mol. The van der Waals surface area contributed by atoms with E-state index < -0.39 is 12.0 Å². The predicted molar refractivity (Wildman–Crippen MR) is 67.2 cm³/mol. The van der Waals surface area contributed by atoms with Crippen molar-refractivity contribution in [2.45, 2.75) is 47.6 Å². The molecule has 0 fully saturated rings. The minimum absolute atomic E-state index is 0.0903. The largest absolute Gasteiger partial charge is 0.480 e. The third-order valence-electron chi connectivity index (χ3n) is 2.66. The van der Waals surface area contributed by atoms with E-state index in [1.807, 2.05) is 6.08 Å². The number of hydrogen-bond donors (Lipinski definition) is 2. The van der Waals surface area contributed by atoms with E-state index in [2.05, 4.69) is 41.5 Å². The molecule has 0 aliphatic rings. The summed E-state index contributed by atoms with van der Waals surface area (Å²) in [5.74, 6) is -0.705. The smallest absolute Gasteiger partial charge is 0.324 e. The van der Waals surface area contributed by atoms with Crippen LogP contribution in [0.1, 0.15) is 41.5 Å². The highest BCUT2D eigenvalue weighted by Gasteiger charge is 2.32. The topological polar surface area (TPSA) is 63.3 Å². The second-order valence-corrected chi connectivity index (χ2v) is 6.46. The zero-order valence-corrected chi connectivity index (χ0v) is 11.2. The molecule has 3 nitrogen and oxygen atoms in total. The first-order chi connectivity index (χ1) is 6.96. The molecule has 3 N–H and O–H groups in total. The van der Waals surface area contributed by atoms with E-state index in [0.29, 0.717) is 0 Å². The summed E-state index contributed by atoms with van der Waals surface area (Å²) in [4.78, 5) is 10.6. The van der Waals surface area contributed by atoms with Gasteiger partial charge in [0.1, 0.15) is 6.04 Å². The van der Waals surface area contributed by atoms with Gasteiger partial charge in [0.05, 0.1) is 0 Å². The minimum atomic E-state index is -0.988. The monoisotopic (exact) mass is 227 g/mol. The Labute approximate surface area is 98.7 Å². The zero-order valence-electron chi connectivity index (χ0n) is 11.2. The second-order valence-electron chi connectivity index (χ2n) is 6.46. The van der Waals surface area contributed by atoms with E-state index >= 15 is 0 Å². The van der Waals surface area contributed by atoms with E-state index in [4.69, 9.17) is 10.8 Å². The highest BCUT2D eigenvalue weighted by molar-refractivity contribution is 5.75. The number of hydrogen-bond acceptors (Lipinski definition) is 2. The Morgan fingerprint density at radius 2 is 1.44 bits per heavy atom. The lowest BCUT2D eigenvalue weighted by molar-refractivity contribution is -0.137. The third-order valence-corrected chi connectivity index (χ3v) is 2.66.